The molecule has 0 amide bonds. The maximum absolute atomic E-state index is 10.5. The fourth-order valence-corrected chi connectivity index (χ4v) is 3.10. The Labute approximate surface area is 155 Å². The van der Waals surface area contributed by atoms with E-state index in [-0.39, 0.29) is 25.5 Å². The van der Waals surface area contributed by atoms with Gasteiger partial charge in [0.25, 0.3) is 0 Å². The summed E-state index contributed by atoms with van der Waals surface area (Å²) in [7, 11) is 0. The minimum Gasteiger partial charge on any atom is -0.494 e. The lowest BCUT2D eigenvalue weighted by molar-refractivity contribution is 0.0507. The second kappa shape index (κ2) is 7.22. The highest BCUT2D eigenvalue weighted by Crippen LogP contribution is 2.35. The average Bonchev–Trinajstić information content (AvgIpc) is 3.21. The minimum atomic E-state index is -0.841. The van der Waals surface area contributed by atoms with E-state index in [1.165, 1.54) is 0 Å². The number of rotatable bonds is 6. The van der Waals surface area contributed by atoms with Crippen molar-refractivity contribution in [1.29, 1.82) is 0 Å². The van der Waals surface area contributed by atoms with Crippen molar-refractivity contribution >= 4 is 28.0 Å². The number of hydrogen-bond donors (Lipinski definition) is 4. The number of aromatic nitrogens is 1. The van der Waals surface area contributed by atoms with Gasteiger partial charge in [0.2, 0.25) is 0 Å². The molecule has 7 nitrogen and oxygen atoms in total. The van der Waals surface area contributed by atoms with E-state index >= 15 is 0 Å². The first-order valence-electron chi connectivity index (χ1n) is 8.66. The van der Waals surface area contributed by atoms with E-state index < -0.39 is 6.10 Å². The fourth-order valence-electron chi connectivity index (χ4n) is 3.10. The zero-order chi connectivity index (χ0) is 18.8. The highest BCUT2D eigenvalue weighted by Gasteiger charge is 2.29. The summed E-state index contributed by atoms with van der Waals surface area (Å²) in [5.74, 6) is 0.0196. The summed E-state index contributed by atoms with van der Waals surface area (Å²) < 4.78 is 0. The molecule has 0 saturated heterocycles. The average molecular weight is 365 g/mol. The summed E-state index contributed by atoms with van der Waals surface area (Å²) in [4.78, 5) is 13.0. The molecule has 7 heteroatoms. The molecule has 1 aliphatic rings. The number of nitrogens with zero attached hydrogens (tertiary/aromatic N) is 2. The van der Waals surface area contributed by atoms with Crippen molar-refractivity contribution < 1.29 is 20.2 Å². The molecule has 0 fully saturated rings. The molecule has 138 valence electrons. The maximum Gasteiger partial charge on any atom is 0.199 e. The predicted octanol–water partition coefficient (Wildman–Crippen LogP) is 2.47. The monoisotopic (exact) mass is 365 g/mol. The Bertz CT molecular complexity index is 1040. The number of hydrogen-bond acceptors (Lipinski definition) is 6. The first-order chi connectivity index (χ1) is 13.2. The van der Waals surface area contributed by atoms with Crippen molar-refractivity contribution in [1.82, 2.24) is 4.98 Å². The van der Waals surface area contributed by atoms with Gasteiger partial charge in [-0.1, -0.05) is 41.6 Å². The molecular formula is C20H19N3O4. The third-order valence-electron chi connectivity index (χ3n) is 4.45. The number of oxime groups is 1. The van der Waals surface area contributed by atoms with Gasteiger partial charge in [0.1, 0.15) is 18.0 Å². The van der Waals surface area contributed by atoms with Crippen molar-refractivity contribution in [2.45, 2.75) is 12.5 Å². The number of aliphatic imine (C=N–C) groups is 1. The molecule has 1 atom stereocenters. The standard InChI is InChI=1S/C20H19N3O4/c24-11-12(25)9-10-27-23-18-14-6-2-4-8-16(14)21-19(18)17-13-5-1-3-7-15(13)22-20(17)26/h1-8,12,22,24-26H,9-11H2/b23-18+/t12-/m1/s1. The molecule has 3 aromatic rings. The zero-order valence-electron chi connectivity index (χ0n) is 14.5. The van der Waals surface area contributed by atoms with Crippen LogP contribution in [0.4, 0.5) is 5.69 Å². The third kappa shape index (κ3) is 3.18. The SMILES string of the molecule is OC[C@H](O)CCO/N=C1/C(c2c(O)[nH]c3ccccc23)=Nc2ccccc21. The smallest absolute Gasteiger partial charge is 0.199 e. The van der Waals surface area contributed by atoms with Crippen LogP contribution >= 0.6 is 0 Å². The molecule has 4 N–H and O–H groups in total. The lowest BCUT2D eigenvalue weighted by Gasteiger charge is -2.07. The van der Waals surface area contributed by atoms with Gasteiger partial charge in [0, 0.05) is 22.9 Å². The predicted molar refractivity (Wildman–Crippen MR) is 103 cm³/mol. The Morgan fingerprint density at radius 2 is 1.89 bits per heavy atom. The van der Waals surface area contributed by atoms with E-state index in [2.05, 4.69) is 15.1 Å². The molecule has 1 aliphatic heterocycles. The molecule has 0 saturated carbocycles. The van der Waals surface area contributed by atoms with E-state index in [0.717, 1.165) is 22.2 Å². The second-order valence-electron chi connectivity index (χ2n) is 6.27. The normalized spacial score (nSPS) is 15.8. The quantitative estimate of drug-likeness (QED) is 0.397. The van der Waals surface area contributed by atoms with E-state index in [4.69, 9.17) is 9.94 Å². The van der Waals surface area contributed by atoms with Gasteiger partial charge in [0.15, 0.2) is 5.88 Å². The second-order valence-corrected chi connectivity index (χ2v) is 6.27. The Hall–Kier alpha value is -3.16. The van der Waals surface area contributed by atoms with Gasteiger partial charge < -0.3 is 25.1 Å². The third-order valence-corrected chi connectivity index (χ3v) is 4.45. The summed E-state index contributed by atoms with van der Waals surface area (Å²) in [6.07, 6.45) is -0.577. The van der Waals surface area contributed by atoms with Gasteiger partial charge in [-0.05, 0) is 12.1 Å². The summed E-state index contributed by atoms with van der Waals surface area (Å²) in [5.41, 5.74) is 3.96. The fraction of sp³-hybridized carbons (Fsp3) is 0.200. The number of aromatic hydroxyl groups is 1. The largest absolute Gasteiger partial charge is 0.494 e. The zero-order valence-corrected chi connectivity index (χ0v) is 14.5. The van der Waals surface area contributed by atoms with E-state index in [9.17, 15) is 10.2 Å². The molecule has 1 aromatic heterocycles. The van der Waals surface area contributed by atoms with Crippen LogP contribution in [-0.4, -0.2) is 51.0 Å². The molecule has 0 bridgehead atoms. The minimum absolute atomic E-state index is 0.0196. The van der Waals surface area contributed by atoms with Crippen LogP contribution in [0.25, 0.3) is 10.9 Å². The molecule has 2 heterocycles. The van der Waals surface area contributed by atoms with Crippen LogP contribution in [0.2, 0.25) is 0 Å². The Morgan fingerprint density at radius 3 is 2.74 bits per heavy atom. The first-order valence-corrected chi connectivity index (χ1v) is 8.66. The molecule has 0 radical (unpaired) electrons. The number of aliphatic hydroxyl groups is 2. The topological polar surface area (TPSA) is 110 Å². The molecule has 4 rings (SSSR count). The van der Waals surface area contributed by atoms with Gasteiger partial charge in [-0.2, -0.15) is 0 Å². The maximum atomic E-state index is 10.5. The van der Waals surface area contributed by atoms with Crippen LogP contribution in [0.1, 0.15) is 17.5 Å². The lowest BCUT2D eigenvalue weighted by Crippen LogP contribution is -2.16. The van der Waals surface area contributed by atoms with E-state index in [0.29, 0.717) is 17.0 Å². The number of para-hydroxylation sites is 2. The molecule has 2 aromatic carbocycles. The molecule has 0 aliphatic carbocycles. The van der Waals surface area contributed by atoms with Crippen molar-refractivity contribution in [3.63, 3.8) is 0 Å². The number of aromatic amines is 1. The van der Waals surface area contributed by atoms with Crippen LogP contribution in [-0.2, 0) is 4.84 Å². The van der Waals surface area contributed by atoms with Gasteiger partial charge in [-0.15, -0.1) is 0 Å². The van der Waals surface area contributed by atoms with Crippen LogP contribution in [0.15, 0.2) is 58.7 Å². The lowest BCUT2D eigenvalue weighted by atomic mass is 10.0. The van der Waals surface area contributed by atoms with Gasteiger partial charge in [-0.3, -0.25) is 0 Å². The number of fused-ring (bicyclic) bond motifs is 2. The van der Waals surface area contributed by atoms with Crippen LogP contribution in [0, 0.1) is 0 Å². The number of H-pyrrole nitrogens is 1. The van der Waals surface area contributed by atoms with E-state index in [1.807, 2.05) is 48.5 Å². The Morgan fingerprint density at radius 1 is 1.11 bits per heavy atom. The van der Waals surface area contributed by atoms with Gasteiger partial charge in [-0.25, -0.2) is 4.99 Å². The number of aliphatic hydroxyl groups excluding tert-OH is 2. The summed E-state index contributed by atoms with van der Waals surface area (Å²) >= 11 is 0. The molecule has 27 heavy (non-hydrogen) atoms. The van der Waals surface area contributed by atoms with Crippen molar-refractivity contribution in [2.24, 2.45) is 10.1 Å². The summed E-state index contributed by atoms with van der Waals surface area (Å²) in [6.45, 7) is -0.167. The van der Waals surface area contributed by atoms with Gasteiger partial charge >= 0.3 is 0 Å². The van der Waals surface area contributed by atoms with E-state index in [1.54, 1.807) is 0 Å². The van der Waals surface area contributed by atoms with Crippen molar-refractivity contribution in [3.05, 3.63) is 59.7 Å². The first kappa shape index (κ1) is 17.3. The Balaban J connectivity index is 1.73. The molecule has 0 unspecified atom stereocenters. The van der Waals surface area contributed by atoms with Gasteiger partial charge in [0.05, 0.1) is 24.0 Å². The van der Waals surface area contributed by atoms with Crippen LogP contribution in [0.5, 0.6) is 5.88 Å². The molecule has 0 spiro atoms. The van der Waals surface area contributed by atoms with Crippen molar-refractivity contribution in [3.8, 4) is 5.88 Å². The highest BCUT2D eigenvalue weighted by molar-refractivity contribution is 6.58. The highest BCUT2D eigenvalue weighted by atomic mass is 16.6. The van der Waals surface area contributed by atoms with Crippen LogP contribution < -0.4 is 0 Å². The van der Waals surface area contributed by atoms with Crippen molar-refractivity contribution in [2.75, 3.05) is 13.2 Å². The summed E-state index contributed by atoms with van der Waals surface area (Å²) in [6, 6.07) is 15.1. The summed E-state index contributed by atoms with van der Waals surface area (Å²) in [5, 5.41) is 33.8. The number of nitrogens with one attached hydrogen (secondary N) is 1. The Kier molecular flexibility index (Phi) is 4.62. The van der Waals surface area contributed by atoms with Crippen LogP contribution in [0.3, 0.4) is 0 Å². The number of benzene rings is 2. The molecular weight excluding hydrogens is 346 g/mol.